The van der Waals surface area contributed by atoms with Crippen molar-refractivity contribution in [2.24, 2.45) is 5.92 Å². The van der Waals surface area contributed by atoms with Crippen molar-refractivity contribution in [3.63, 3.8) is 0 Å². The number of benzene rings is 2. The van der Waals surface area contributed by atoms with E-state index in [1.807, 2.05) is 47.4 Å². The molecule has 5 heteroatoms. The fourth-order valence-corrected chi connectivity index (χ4v) is 3.72. The lowest BCUT2D eigenvalue weighted by atomic mass is 9.99. The molecule has 1 atom stereocenters. The zero-order chi connectivity index (χ0) is 18.8. The lowest BCUT2D eigenvalue weighted by molar-refractivity contribution is 0.0786. The van der Waals surface area contributed by atoms with Gasteiger partial charge >= 0.3 is 0 Å². The van der Waals surface area contributed by atoms with E-state index in [4.69, 9.17) is 4.52 Å². The van der Waals surface area contributed by atoms with E-state index in [1.54, 1.807) is 19.1 Å². The van der Waals surface area contributed by atoms with Crippen LogP contribution in [-0.4, -0.2) is 34.2 Å². The third kappa shape index (κ3) is 3.58. The van der Waals surface area contributed by atoms with Crippen LogP contribution in [0.3, 0.4) is 0 Å². The maximum Gasteiger partial charge on any atom is 0.259 e. The summed E-state index contributed by atoms with van der Waals surface area (Å²) in [5, 5.41) is 13.5. The van der Waals surface area contributed by atoms with E-state index in [1.165, 1.54) is 5.56 Å². The molecular formula is C22H22N2O3. The Balaban J connectivity index is 1.50. The summed E-state index contributed by atoms with van der Waals surface area (Å²) in [5.41, 5.74) is 3.24. The van der Waals surface area contributed by atoms with E-state index in [9.17, 15) is 9.90 Å². The van der Waals surface area contributed by atoms with Gasteiger partial charge in [0.15, 0.2) is 0 Å². The molecule has 2 aromatic carbocycles. The first-order valence-electron chi connectivity index (χ1n) is 9.20. The molecule has 0 spiro atoms. The van der Waals surface area contributed by atoms with Crippen LogP contribution in [0.4, 0.5) is 0 Å². The normalized spacial score (nSPS) is 16.6. The molecule has 3 aromatic rings. The quantitative estimate of drug-likeness (QED) is 0.760. The highest BCUT2D eigenvalue weighted by Crippen LogP contribution is 2.29. The topological polar surface area (TPSA) is 66.6 Å². The van der Waals surface area contributed by atoms with Crippen molar-refractivity contribution in [3.8, 4) is 17.0 Å². The molecule has 0 saturated carbocycles. The van der Waals surface area contributed by atoms with Crippen molar-refractivity contribution >= 4 is 5.91 Å². The molecule has 1 aliphatic rings. The number of aromatic nitrogens is 1. The molecule has 1 aromatic heterocycles. The number of likely N-dealkylation sites (tertiary alicyclic amines) is 1. The fourth-order valence-electron chi connectivity index (χ4n) is 3.72. The Bertz CT molecular complexity index is 932. The van der Waals surface area contributed by atoms with Gasteiger partial charge in [0, 0.05) is 18.7 Å². The average molecular weight is 362 g/mol. The number of carbonyl (C=O) groups excluding carboxylic acids is 1. The highest BCUT2D eigenvalue weighted by atomic mass is 16.5. The van der Waals surface area contributed by atoms with Crippen molar-refractivity contribution in [1.29, 1.82) is 0 Å². The molecule has 0 aliphatic carbocycles. The maximum absolute atomic E-state index is 13.2. The lowest BCUT2D eigenvalue weighted by Crippen LogP contribution is -2.29. The minimum atomic E-state index is -0.0131. The van der Waals surface area contributed by atoms with Crippen molar-refractivity contribution < 1.29 is 14.4 Å². The zero-order valence-electron chi connectivity index (χ0n) is 15.3. The van der Waals surface area contributed by atoms with Crippen LogP contribution in [0.15, 0.2) is 59.1 Å². The van der Waals surface area contributed by atoms with E-state index in [2.05, 4.69) is 5.16 Å². The van der Waals surface area contributed by atoms with Crippen LogP contribution in [-0.2, 0) is 6.42 Å². The van der Waals surface area contributed by atoms with Crippen LogP contribution in [0.1, 0.15) is 28.1 Å². The Morgan fingerprint density at radius 1 is 1.19 bits per heavy atom. The third-order valence-electron chi connectivity index (χ3n) is 5.16. The summed E-state index contributed by atoms with van der Waals surface area (Å²) in [4.78, 5) is 15.1. The number of nitrogens with zero attached hydrogens (tertiary/aromatic N) is 2. The molecule has 1 amide bonds. The summed E-state index contributed by atoms with van der Waals surface area (Å²) in [6.45, 7) is 3.25. The van der Waals surface area contributed by atoms with Gasteiger partial charge in [-0.25, -0.2) is 0 Å². The highest BCUT2D eigenvalue weighted by molar-refractivity contribution is 6.00. The summed E-state index contributed by atoms with van der Waals surface area (Å²) >= 11 is 0. The average Bonchev–Trinajstić information content (AvgIpc) is 3.31. The Morgan fingerprint density at radius 2 is 1.93 bits per heavy atom. The van der Waals surface area contributed by atoms with E-state index in [-0.39, 0.29) is 11.7 Å². The van der Waals surface area contributed by atoms with E-state index < -0.39 is 0 Å². The molecule has 1 fully saturated rings. The minimum Gasteiger partial charge on any atom is -0.508 e. The van der Waals surface area contributed by atoms with Crippen molar-refractivity contribution in [1.82, 2.24) is 10.1 Å². The van der Waals surface area contributed by atoms with Gasteiger partial charge in [0.05, 0.1) is 0 Å². The van der Waals surface area contributed by atoms with Gasteiger partial charge < -0.3 is 14.5 Å². The largest absolute Gasteiger partial charge is 0.508 e. The molecule has 0 bridgehead atoms. The Kier molecular flexibility index (Phi) is 4.67. The van der Waals surface area contributed by atoms with Gasteiger partial charge in [-0.2, -0.15) is 0 Å². The van der Waals surface area contributed by atoms with Crippen LogP contribution in [0.2, 0.25) is 0 Å². The second-order valence-corrected chi connectivity index (χ2v) is 7.10. The van der Waals surface area contributed by atoms with Gasteiger partial charge in [-0.1, -0.05) is 47.6 Å². The number of hydrogen-bond donors (Lipinski definition) is 1. The smallest absolute Gasteiger partial charge is 0.259 e. The molecule has 1 N–H and O–H groups in total. The number of rotatable bonds is 4. The van der Waals surface area contributed by atoms with E-state index >= 15 is 0 Å². The second-order valence-electron chi connectivity index (χ2n) is 7.10. The van der Waals surface area contributed by atoms with Crippen LogP contribution in [0.5, 0.6) is 5.75 Å². The number of amides is 1. The molecule has 5 nitrogen and oxygen atoms in total. The number of aromatic hydroxyl groups is 1. The Labute approximate surface area is 158 Å². The highest BCUT2D eigenvalue weighted by Gasteiger charge is 2.31. The Hall–Kier alpha value is -3.08. The molecule has 4 rings (SSSR count). The first kappa shape index (κ1) is 17.3. The van der Waals surface area contributed by atoms with Gasteiger partial charge in [0.25, 0.3) is 5.91 Å². The predicted molar refractivity (Wildman–Crippen MR) is 102 cm³/mol. The predicted octanol–water partition coefficient (Wildman–Crippen LogP) is 4.06. The second kappa shape index (κ2) is 7.27. The fraction of sp³-hybridized carbons (Fsp3) is 0.273. The lowest BCUT2D eigenvalue weighted by Gasteiger charge is -2.17. The van der Waals surface area contributed by atoms with Crippen molar-refractivity contribution in [3.05, 3.63) is 71.5 Å². The minimum absolute atomic E-state index is 0.0131. The summed E-state index contributed by atoms with van der Waals surface area (Å²) < 4.78 is 5.34. The third-order valence-corrected chi connectivity index (χ3v) is 5.16. The summed E-state index contributed by atoms with van der Waals surface area (Å²) in [6, 6.07) is 17.0. The molecular weight excluding hydrogens is 340 g/mol. The number of aryl methyl sites for hydroxylation is 1. The Morgan fingerprint density at radius 3 is 2.67 bits per heavy atom. The van der Waals surface area contributed by atoms with Gasteiger partial charge in [-0.3, -0.25) is 4.79 Å². The van der Waals surface area contributed by atoms with Gasteiger partial charge in [-0.05, 0) is 43.4 Å². The number of carbonyl (C=O) groups is 1. The van der Waals surface area contributed by atoms with Crippen molar-refractivity contribution in [2.75, 3.05) is 13.1 Å². The van der Waals surface area contributed by atoms with Crippen molar-refractivity contribution in [2.45, 2.75) is 19.8 Å². The van der Waals surface area contributed by atoms with E-state index in [0.717, 1.165) is 31.5 Å². The van der Waals surface area contributed by atoms with E-state index in [0.29, 0.717) is 22.9 Å². The van der Waals surface area contributed by atoms with Crippen LogP contribution in [0, 0.1) is 12.8 Å². The zero-order valence-corrected chi connectivity index (χ0v) is 15.3. The first-order valence-corrected chi connectivity index (χ1v) is 9.20. The SMILES string of the molecule is Cc1onc(-c2ccccc2)c1C(=O)N1CCC(Cc2ccc(O)cc2)C1. The van der Waals surface area contributed by atoms with Crippen LogP contribution < -0.4 is 0 Å². The molecule has 138 valence electrons. The summed E-state index contributed by atoms with van der Waals surface area (Å²) in [6.07, 6.45) is 1.87. The number of hydrogen-bond acceptors (Lipinski definition) is 4. The monoisotopic (exact) mass is 362 g/mol. The van der Waals surface area contributed by atoms with Crippen LogP contribution >= 0.6 is 0 Å². The molecule has 0 radical (unpaired) electrons. The summed E-state index contributed by atoms with van der Waals surface area (Å²) in [7, 11) is 0. The molecule has 1 saturated heterocycles. The van der Waals surface area contributed by atoms with Gasteiger partial charge in [0.2, 0.25) is 0 Å². The number of phenolic OH excluding ortho intramolecular Hbond substituents is 1. The standard InChI is InChI=1S/C22H22N2O3/c1-15-20(21(23-27-15)18-5-3-2-4-6-18)22(26)24-12-11-17(14-24)13-16-7-9-19(25)10-8-16/h2-10,17,25H,11-14H2,1H3. The number of phenols is 1. The molecule has 27 heavy (non-hydrogen) atoms. The van der Waals surface area contributed by atoms with Gasteiger partial charge in [0.1, 0.15) is 22.8 Å². The summed E-state index contributed by atoms with van der Waals surface area (Å²) in [5.74, 6) is 1.24. The maximum atomic E-state index is 13.2. The molecule has 2 heterocycles. The molecule has 1 unspecified atom stereocenters. The van der Waals surface area contributed by atoms with Crippen LogP contribution in [0.25, 0.3) is 11.3 Å². The first-order chi connectivity index (χ1) is 13.1. The van der Waals surface area contributed by atoms with Gasteiger partial charge in [-0.15, -0.1) is 0 Å². The molecule has 1 aliphatic heterocycles.